The maximum atomic E-state index is 12.7. The summed E-state index contributed by atoms with van der Waals surface area (Å²) in [5.41, 5.74) is 1.82. The van der Waals surface area contributed by atoms with Gasteiger partial charge in [-0.3, -0.25) is 23.4 Å². The Hall–Kier alpha value is -3.73. The number of piperazine rings is 1. The number of rotatable bonds is 4. The van der Waals surface area contributed by atoms with E-state index in [-0.39, 0.29) is 24.3 Å². The zero-order valence-electron chi connectivity index (χ0n) is 18.0. The summed E-state index contributed by atoms with van der Waals surface area (Å²) in [6.07, 6.45) is 3.17. The fraction of sp³-hybridized carbons (Fsp3) is 0.381. The molecule has 1 aliphatic rings. The highest BCUT2D eigenvalue weighted by molar-refractivity contribution is 5.81. The second kappa shape index (κ2) is 7.75. The molecular weight excluding hydrogens is 412 g/mol. The van der Waals surface area contributed by atoms with Crippen LogP contribution in [-0.2, 0) is 20.6 Å². The normalized spacial score (nSPS) is 14.6. The molecule has 11 nitrogen and oxygen atoms in total. The Labute approximate surface area is 182 Å². The number of nitrogens with zero attached hydrogens (tertiary/aromatic N) is 8. The summed E-state index contributed by atoms with van der Waals surface area (Å²) in [7, 11) is 3.52. The van der Waals surface area contributed by atoms with E-state index in [0.29, 0.717) is 41.0 Å². The van der Waals surface area contributed by atoms with Crippen molar-refractivity contribution < 1.29 is 5.11 Å². The summed E-state index contributed by atoms with van der Waals surface area (Å²) in [6, 6.07) is 5.64. The summed E-state index contributed by atoms with van der Waals surface area (Å²) < 4.78 is 4.60. The molecule has 0 spiro atoms. The van der Waals surface area contributed by atoms with E-state index in [1.165, 1.54) is 10.9 Å². The molecule has 1 saturated heterocycles. The number of fused-ring (bicyclic) bond motifs is 2. The lowest BCUT2D eigenvalue weighted by Gasteiger charge is -2.37. The van der Waals surface area contributed by atoms with Gasteiger partial charge in [0.2, 0.25) is 5.95 Å². The first-order valence-corrected chi connectivity index (χ1v) is 10.5. The fourth-order valence-corrected chi connectivity index (χ4v) is 4.21. The molecule has 4 heterocycles. The first-order chi connectivity index (χ1) is 15.5. The molecule has 0 radical (unpaired) electrons. The number of anilines is 2. The standard InChI is InChI=1S/C21H24N8O3/c1-25-12-16-18(24-25)23-21(26(2)19(16)31)28-7-5-27(6-8-28)14-3-4-15-17(11-14)22-13-29(9-10-30)20(15)32/h3-4,11-13,30H,5-10H2,1-2H3. The van der Waals surface area contributed by atoms with Crippen LogP contribution in [0.2, 0.25) is 0 Å². The third-order valence-corrected chi connectivity index (χ3v) is 5.93. The number of aryl methyl sites for hydroxylation is 1. The number of hydrogen-bond donors (Lipinski definition) is 1. The maximum Gasteiger partial charge on any atom is 0.265 e. The van der Waals surface area contributed by atoms with Crippen LogP contribution in [0.3, 0.4) is 0 Å². The molecule has 1 aliphatic heterocycles. The summed E-state index contributed by atoms with van der Waals surface area (Å²) >= 11 is 0. The number of aliphatic hydroxyl groups excluding tert-OH is 1. The Morgan fingerprint density at radius 1 is 1.00 bits per heavy atom. The van der Waals surface area contributed by atoms with Crippen molar-refractivity contribution in [2.24, 2.45) is 14.1 Å². The van der Waals surface area contributed by atoms with Crippen molar-refractivity contribution in [3.63, 3.8) is 0 Å². The van der Waals surface area contributed by atoms with E-state index in [1.54, 1.807) is 35.6 Å². The molecule has 1 fully saturated rings. The Morgan fingerprint density at radius 3 is 2.50 bits per heavy atom. The highest BCUT2D eigenvalue weighted by Gasteiger charge is 2.22. The lowest BCUT2D eigenvalue weighted by molar-refractivity contribution is 0.274. The second-order valence-electron chi connectivity index (χ2n) is 7.96. The van der Waals surface area contributed by atoms with Gasteiger partial charge in [0.15, 0.2) is 5.65 Å². The SMILES string of the molecule is Cn1cc2c(=O)n(C)c(N3CCN(c4ccc5c(=O)n(CCO)cnc5c4)CC3)nc2n1. The number of hydrogen-bond acceptors (Lipinski definition) is 8. The van der Waals surface area contributed by atoms with Crippen LogP contribution in [0.25, 0.3) is 21.9 Å². The highest BCUT2D eigenvalue weighted by Crippen LogP contribution is 2.22. The molecule has 3 aromatic heterocycles. The predicted octanol–water partition coefficient (Wildman–Crippen LogP) is -0.304. The zero-order chi connectivity index (χ0) is 22.4. The quantitative estimate of drug-likeness (QED) is 0.464. The van der Waals surface area contributed by atoms with E-state index in [9.17, 15) is 9.59 Å². The number of aromatic nitrogens is 6. The molecule has 0 aliphatic carbocycles. The predicted molar refractivity (Wildman–Crippen MR) is 121 cm³/mol. The molecule has 11 heteroatoms. The molecule has 0 unspecified atom stereocenters. The van der Waals surface area contributed by atoms with Crippen LogP contribution < -0.4 is 20.9 Å². The topological polar surface area (TPSA) is 114 Å². The molecule has 0 saturated carbocycles. The van der Waals surface area contributed by atoms with E-state index in [1.807, 2.05) is 12.1 Å². The van der Waals surface area contributed by atoms with Crippen LogP contribution in [0.1, 0.15) is 0 Å². The minimum Gasteiger partial charge on any atom is -0.395 e. The molecule has 166 valence electrons. The smallest absolute Gasteiger partial charge is 0.265 e. The van der Waals surface area contributed by atoms with Crippen LogP contribution >= 0.6 is 0 Å². The summed E-state index contributed by atoms with van der Waals surface area (Å²) in [5.74, 6) is 0.616. The minimum absolute atomic E-state index is 0.104. The molecule has 32 heavy (non-hydrogen) atoms. The molecular formula is C21H24N8O3. The van der Waals surface area contributed by atoms with Gasteiger partial charge in [-0.25, -0.2) is 4.98 Å². The van der Waals surface area contributed by atoms with Crippen LogP contribution in [0.4, 0.5) is 11.6 Å². The molecule has 5 rings (SSSR count). The Morgan fingerprint density at radius 2 is 1.75 bits per heavy atom. The first kappa shape index (κ1) is 20.2. The number of aliphatic hydroxyl groups is 1. The Bertz CT molecular complexity index is 1430. The third-order valence-electron chi connectivity index (χ3n) is 5.93. The van der Waals surface area contributed by atoms with Gasteiger partial charge in [0.05, 0.1) is 30.4 Å². The molecule has 0 atom stereocenters. The van der Waals surface area contributed by atoms with E-state index < -0.39 is 0 Å². The minimum atomic E-state index is -0.155. The van der Waals surface area contributed by atoms with Gasteiger partial charge in [0, 0.05) is 52.2 Å². The van der Waals surface area contributed by atoms with Crippen LogP contribution in [-0.4, -0.2) is 66.8 Å². The number of benzene rings is 1. The van der Waals surface area contributed by atoms with Gasteiger partial charge in [-0.1, -0.05) is 0 Å². The Balaban J connectivity index is 1.38. The highest BCUT2D eigenvalue weighted by atomic mass is 16.3. The maximum absolute atomic E-state index is 12.7. The monoisotopic (exact) mass is 436 g/mol. The van der Waals surface area contributed by atoms with E-state index in [4.69, 9.17) is 5.11 Å². The van der Waals surface area contributed by atoms with Crippen molar-refractivity contribution in [3.8, 4) is 0 Å². The van der Waals surface area contributed by atoms with Crippen molar-refractivity contribution in [2.45, 2.75) is 6.54 Å². The average molecular weight is 436 g/mol. The second-order valence-corrected chi connectivity index (χ2v) is 7.96. The van der Waals surface area contributed by atoms with Crippen LogP contribution in [0.5, 0.6) is 0 Å². The van der Waals surface area contributed by atoms with Crippen molar-refractivity contribution in [3.05, 3.63) is 51.4 Å². The van der Waals surface area contributed by atoms with Gasteiger partial charge in [0.25, 0.3) is 11.1 Å². The molecule has 1 aromatic carbocycles. The largest absolute Gasteiger partial charge is 0.395 e. The van der Waals surface area contributed by atoms with Crippen molar-refractivity contribution in [2.75, 3.05) is 42.6 Å². The van der Waals surface area contributed by atoms with Crippen molar-refractivity contribution >= 4 is 33.6 Å². The van der Waals surface area contributed by atoms with Gasteiger partial charge in [0.1, 0.15) is 5.39 Å². The van der Waals surface area contributed by atoms with Crippen molar-refractivity contribution in [1.82, 2.24) is 28.9 Å². The van der Waals surface area contributed by atoms with E-state index >= 15 is 0 Å². The first-order valence-electron chi connectivity index (χ1n) is 10.5. The van der Waals surface area contributed by atoms with E-state index in [2.05, 4.69) is 24.9 Å². The lowest BCUT2D eigenvalue weighted by atomic mass is 10.2. The van der Waals surface area contributed by atoms with Crippen LogP contribution in [0.15, 0.2) is 40.3 Å². The van der Waals surface area contributed by atoms with E-state index in [0.717, 1.165) is 18.8 Å². The summed E-state index contributed by atoms with van der Waals surface area (Å²) in [4.78, 5) is 38.5. The zero-order valence-corrected chi connectivity index (χ0v) is 18.0. The fourth-order valence-electron chi connectivity index (χ4n) is 4.21. The third kappa shape index (κ3) is 3.30. The lowest BCUT2D eigenvalue weighted by Crippen LogP contribution is -2.48. The van der Waals surface area contributed by atoms with Gasteiger partial charge in [-0.05, 0) is 18.2 Å². The molecule has 0 bridgehead atoms. The van der Waals surface area contributed by atoms with Gasteiger partial charge in [-0.15, -0.1) is 0 Å². The van der Waals surface area contributed by atoms with Gasteiger partial charge >= 0.3 is 0 Å². The molecule has 4 aromatic rings. The molecule has 1 N–H and O–H groups in total. The van der Waals surface area contributed by atoms with Gasteiger partial charge in [-0.2, -0.15) is 10.1 Å². The average Bonchev–Trinajstić information content (AvgIpc) is 3.19. The summed E-state index contributed by atoms with van der Waals surface area (Å²) in [6.45, 7) is 2.99. The van der Waals surface area contributed by atoms with Gasteiger partial charge < -0.3 is 14.9 Å². The Kier molecular flexibility index (Phi) is 4.89. The van der Waals surface area contributed by atoms with Crippen molar-refractivity contribution in [1.29, 1.82) is 0 Å². The molecule has 0 amide bonds. The van der Waals surface area contributed by atoms with Crippen LogP contribution in [0, 0.1) is 0 Å². The summed E-state index contributed by atoms with van der Waals surface area (Å²) in [5, 5.41) is 14.4.